The number of nitro benzene ring substituents is 1. The van der Waals surface area contributed by atoms with Gasteiger partial charge in [0.05, 0.1) is 17.2 Å². The molecule has 1 unspecified atom stereocenters. The maximum Gasteiger partial charge on any atom is 0.271 e. The summed E-state index contributed by atoms with van der Waals surface area (Å²) in [6, 6.07) is 14.3. The van der Waals surface area contributed by atoms with Crippen LogP contribution < -0.4 is 10.1 Å². The van der Waals surface area contributed by atoms with Crippen molar-refractivity contribution in [1.29, 1.82) is 0 Å². The molecular weight excluding hydrogens is 370 g/mol. The predicted octanol–water partition coefficient (Wildman–Crippen LogP) is 4.02. The smallest absolute Gasteiger partial charge is 0.271 e. The lowest BCUT2D eigenvalue weighted by Gasteiger charge is -2.32. The molecular formula is C22H27N3O4. The Bertz CT molecular complexity index is 841. The average molecular weight is 397 g/mol. The molecule has 1 fully saturated rings. The number of rotatable bonds is 8. The number of likely N-dealkylation sites (tertiary alicyclic amines) is 1. The first-order valence-corrected chi connectivity index (χ1v) is 9.96. The number of carbonyl (C=O) groups excluding carboxylic acids is 1. The summed E-state index contributed by atoms with van der Waals surface area (Å²) < 4.78 is 5.88. The molecule has 0 spiro atoms. The summed E-state index contributed by atoms with van der Waals surface area (Å²) in [5.74, 6) is 1.21. The number of nitrogens with zero attached hydrogens (tertiary/aromatic N) is 2. The van der Waals surface area contributed by atoms with Gasteiger partial charge in [-0.05, 0) is 44.0 Å². The highest BCUT2D eigenvalue weighted by atomic mass is 16.6. The number of piperidine rings is 1. The molecule has 1 saturated heterocycles. The van der Waals surface area contributed by atoms with E-state index in [1.54, 1.807) is 6.07 Å². The van der Waals surface area contributed by atoms with E-state index in [9.17, 15) is 14.9 Å². The van der Waals surface area contributed by atoms with Crippen molar-refractivity contribution in [1.82, 2.24) is 4.90 Å². The van der Waals surface area contributed by atoms with Crippen molar-refractivity contribution in [3.05, 3.63) is 64.2 Å². The van der Waals surface area contributed by atoms with Crippen molar-refractivity contribution < 1.29 is 14.5 Å². The van der Waals surface area contributed by atoms with Gasteiger partial charge in [-0.3, -0.25) is 14.9 Å². The Morgan fingerprint density at radius 1 is 1.28 bits per heavy atom. The quantitative estimate of drug-likeness (QED) is 0.537. The lowest BCUT2D eigenvalue weighted by molar-refractivity contribution is -0.384. The number of aryl methyl sites for hydroxylation is 1. The Labute approximate surface area is 170 Å². The van der Waals surface area contributed by atoms with Crippen LogP contribution in [0.5, 0.6) is 5.75 Å². The molecule has 1 N–H and O–H groups in total. The second-order valence-corrected chi connectivity index (χ2v) is 7.49. The van der Waals surface area contributed by atoms with Gasteiger partial charge in [-0.1, -0.05) is 24.3 Å². The van der Waals surface area contributed by atoms with E-state index < -0.39 is 4.92 Å². The molecule has 1 aliphatic heterocycles. The van der Waals surface area contributed by atoms with Gasteiger partial charge in [0, 0.05) is 37.6 Å². The van der Waals surface area contributed by atoms with Gasteiger partial charge in [0.1, 0.15) is 5.75 Å². The van der Waals surface area contributed by atoms with Gasteiger partial charge in [0.2, 0.25) is 5.91 Å². The van der Waals surface area contributed by atoms with E-state index in [0.29, 0.717) is 31.2 Å². The summed E-state index contributed by atoms with van der Waals surface area (Å²) in [6.07, 6.45) is 2.57. The van der Waals surface area contributed by atoms with Crippen LogP contribution in [0.15, 0.2) is 48.5 Å². The molecule has 0 bridgehead atoms. The number of nitrogens with one attached hydrogen (secondary N) is 1. The maximum atomic E-state index is 12.3. The maximum absolute atomic E-state index is 12.3. The van der Waals surface area contributed by atoms with E-state index in [4.69, 9.17) is 4.74 Å². The molecule has 3 rings (SSSR count). The highest BCUT2D eigenvalue weighted by Gasteiger charge is 2.21. The van der Waals surface area contributed by atoms with Crippen molar-refractivity contribution in [3.63, 3.8) is 0 Å². The minimum Gasteiger partial charge on any atom is -0.493 e. The number of amides is 1. The first kappa shape index (κ1) is 20.8. The van der Waals surface area contributed by atoms with E-state index in [-0.39, 0.29) is 11.6 Å². The van der Waals surface area contributed by atoms with Crippen LogP contribution in [0.25, 0.3) is 0 Å². The van der Waals surface area contributed by atoms with Gasteiger partial charge in [-0.15, -0.1) is 0 Å². The van der Waals surface area contributed by atoms with Gasteiger partial charge in [-0.2, -0.15) is 0 Å². The normalized spacial score (nSPS) is 16.9. The molecule has 1 atom stereocenters. The number of benzene rings is 2. The zero-order chi connectivity index (χ0) is 20.6. The van der Waals surface area contributed by atoms with Gasteiger partial charge in [-0.25, -0.2) is 0 Å². The zero-order valence-electron chi connectivity index (χ0n) is 16.7. The minimum atomic E-state index is -0.458. The summed E-state index contributed by atoms with van der Waals surface area (Å²) in [5.41, 5.74) is 1.28. The lowest BCUT2D eigenvalue weighted by atomic mass is 9.99. The van der Waals surface area contributed by atoms with Crippen molar-refractivity contribution in [3.8, 4) is 5.75 Å². The van der Waals surface area contributed by atoms with Crippen molar-refractivity contribution in [2.45, 2.75) is 26.2 Å². The first-order valence-electron chi connectivity index (χ1n) is 9.96. The lowest BCUT2D eigenvalue weighted by Crippen LogP contribution is -2.39. The van der Waals surface area contributed by atoms with Gasteiger partial charge >= 0.3 is 0 Å². The topological polar surface area (TPSA) is 84.7 Å². The third-order valence-corrected chi connectivity index (χ3v) is 5.19. The Morgan fingerprint density at radius 3 is 2.83 bits per heavy atom. The molecule has 0 aliphatic carbocycles. The molecule has 7 nitrogen and oxygen atoms in total. The van der Waals surface area contributed by atoms with Crippen LogP contribution in [-0.4, -0.2) is 42.0 Å². The monoisotopic (exact) mass is 397 g/mol. The Kier molecular flexibility index (Phi) is 7.19. The van der Waals surface area contributed by atoms with Crippen LogP contribution in [0.4, 0.5) is 11.4 Å². The second kappa shape index (κ2) is 10.0. The largest absolute Gasteiger partial charge is 0.493 e. The fourth-order valence-corrected chi connectivity index (χ4v) is 3.55. The molecule has 7 heteroatoms. The van der Waals surface area contributed by atoms with Crippen LogP contribution in [-0.2, 0) is 4.79 Å². The Morgan fingerprint density at radius 2 is 2.07 bits per heavy atom. The number of hydrogen-bond donors (Lipinski definition) is 1. The summed E-state index contributed by atoms with van der Waals surface area (Å²) in [5, 5.41) is 13.7. The molecule has 29 heavy (non-hydrogen) atoms. The van der Waals surface area contributed by atoms with E-state index in [2.05, 4.69) is 10.2 Å². The molecule has 0 aromatic heterocycles. The molecule has 2 aromatic carbocycles. The second-order valence-electron chi connectivity index (χ2n) is 7.49. The van der Waals surface area contributed by atoms with Crippen LogP contribution in [0.1, 0.15) is 24.8 Å². The molecule has 0 saturated carbocycles. The number of anilines is 1. The summed E-state index contributed by atoms with van der Waals surface area (Å²) >= 11 is 0. The third-order valence-electron chi connectivity index (χ3n) is 5.19. The Balaban J connectivity index is 1.45. The molecule has 154 valence electrons. The van der Waals surface area contributed by atoms with Crippen LogP contribution in [0, 0.1) is 23.0 Å². The number of para-hydroxylation sites is 1. The number of carbonyl (C=O) groups is 1. The predicted molar refractivity (Wildman–Crippen MR) is 112 cm³/mol. The van der Waals surface area contributed by atoms with Crippen LogP contribution in [0.2, 0.25) is 0 Å². The van der Waals surface area contributed by atoms with Gasteiger partial charge in [0.15, 0.2) is 0 Å². The molecule has 1 heterocycles. The molecule has 1 aliphatic rings. The fourth-order valence-electron chi connectivity index (χ4n) is 3.55. The van der Waals surface area contributed by atoms with Crippen molar-refractivity contribution in [2.24, 2.45) is 5.92 Å². The van der Waals surface area contributed by atoms with E-state index >= 15 is 0 Å². The fraction of sp³-hybridized carbons (Fsp3) is 0.409. The number of nitro groups is 1. The van der Waals surface area contributed by atoms with Crippen molar-refractivity contribution >= 4 is 17.3 Å². The summed E-state index contributed by atoms with van der Waals surface area (Å²) in [7, 11) is 0. The molecule has 0 radical (unpaired) electrons. The highest BCUT2D eigenvalue weighted by molar-refractivity contribution is 5.92. The molecule has 1 amide bonds. The van der Waals surface area contributed by atoms with E-state index in [0.717, 1.165) is 37.2 Å². The minimum absolute atomic E-state index is 0.0248. The van der Waals surface area contributed by atoms with Crippen molar-refractivity contribution in [2.75, 3.05) is 31.6 Å². The molecule has 2 aromatic rings. The highest BCUT2D eigenvalue weighted by Crippen LogP contribution is 2.22. The van der Waals surface area contributed by atoms with Gasteiger partial charge < -0.3 is 15.0 Å². The number of non-ortho nitro benzene ring substituents is 1. The van der Waals surface area contributed by atoms with E-state index in [1.165, 1.54) is 12.1 Å². The third kappa shape index (κ3) is 6.29. The van der Waals surface area contributed by atoms with E-state index in [1.807, 2.05) is 37.3 Å². The number of ether oxygens (including phenoxy) is 1. The first-order chi connectivity index (χ1) is 14.0. The Hall–Kier alpha value is -2.93. The zero-order valence-corrected chi connectivity index (χ0v) is 16.7. The SMILES string of the molecule is Cc1ccc([N+](=O)[O-])cc1NC(=O)CCN1CCCC(COc2ccccc2)C1. The summed E-state index contributed by atoms with van der Waals surface area (Å²) in [4.78, 5) is 25.1. The van der Waals surface area contributed by atoms with Crippen LogP contribution >= 0.6 is 0 Å². The van der Waals surface area contributed by atoms with Gasteiger partial charge in [0.25, 0.3) is 5.69 Å². The standard InChI is InChI=1S/C22H27N3O4/c1-17-9-10-19(25(27)28)14-21(17)23-22(26)11-13-24-12-5-6-18(15-24)16-29-20-7-3-2-4-8-20/h2-4,7-10,14,18H,5-6,11-13,15-16H2,1H3,(H,23,26). The van der Waals surface area contributed by atoms with Crippen LogP contribution in [0.3, 0.4) is 0 Å². The average Bonchev–Trinajstić information content (AvgIpc) is 2.73. The summed E-state index contributed by atoms with van der Waals surface area (Å²) in [6.45, 7) is 5.06. The number of hydrogen-bond acceptors (Lipinski definition) is 5.